The van der Waals surface area contributed by atoms with E-state index in [0.717, 1.165) is 16.4 Å². The van der Waals surface area contributed by atoms with E-state index in [1.165, 1.54) is 5.52 Å². The van der Waals surface area contributed by atoms with Crippen LogP contribution < -0.4 is 0 Å². The van der Waals surface area contributed by atoms with Crippen molar-refractivity contribution in [2.75, 3.05) is 5.75 Å². The normalized spacial score (nSPS) is 21.9. The lowest BCUT2D eigenvalue weighted by Gasteiger charge is -2.37. The molecule has 1 aromatic carbocycles. The Balaban J connectivity index is 0.00000108. The van der Waals surface area contributed by atoms with Crippen LogP contribution in [0.5, 0.6) is 0 Å². The summed E-state index contributed by atoms with van der Waals surface area (Å²) in [5, 5.41) is 1.14. The number of rotatable bonds is 0. The minimum Gasteiger partial charge on any atom is -0.312 e. The number of imidazole rings is 1. The first-order chi connectivity index (χ1) is 7.60. The molecule has 1 aliphatic heterocycles. The summed E-state index contributed by atoms with van der Waals surface area (Å²) in [6.45, 7) is 4.54. The smallest absolute Gasteiger partial charge is 0.169 e. The highest BCUT2D eigenvalue weighted by Crippen LogP contribution is 2.41. The second-order valence-electron chi connectivity index (χ2n) is 4.65. The van der Waals surface area contributed by atoms with Crippen LogP contribution in [0.15, 0.2) is 29.4 Å². The first kappa shape index (κ1) is 13.4. The molecule has 0 radical (unpaired) electrons. The molecule has 0 saturated heterocycles. The average molecular weight is 378 g/mol. The molecule has 3 rings (SSSR count). The van der Waals surface area contributed by atoms with Crippen LogP contribution in [0.25, 0.3) is 11.0 Å². The van der Waals surface area contributed by atoms with E-state index in [9.17, 15) is 0 Å². The molecule has 0 aliphatic carbocycles. The number of nitrogens with zero attached hydrogens (tertiary/aromatic N) is 2. The topological polar surface area (TPSA) is 17.8 Å². The molecule has 0 amide bonds. The van der Waals surface area contributed by atoms with E-state index in [-0.39, 0.29) is 22.5 Å². The number of benzene rings is 1. The van der Waals surface area contributed by atoms with Gasteiger partial charge in [-0.05, 0) is 26.0 Å². The molecule has 2 nitrogen and oxygen atoms in total. The summed E-state index contributed by atoms with van der Waals surface area (Å²) in [6.07, 6.45) is 0. The number of hydrogen-bond donors (Lipinski definition) is 0. The van der Waals surface area contributed by atoms with Crippen molar-refractivity contribution >= 4 is 55.7 Å². The van der Waals surface area contributed by atoms with Crippen molar-refractivity contribution in [2.24, 2.45) is 0 Å². The van der Waals surface area contributed by atoms with Gasteiger partial charge in [-0.25, -0.2) is 4.98 Å². The van der Waals surface area contributed by atoms with Gasteiger partial charge in [-0.2, -0.15) is 0 Å². The van der Waals surface area contributed by atoms with E-state index in [1.807, 2.05) is 17.8 Å². The molecule has 17 heavy (non-hydrogen) atoms. The summed E-state index contributed by atoms with van der Waals surface area (Å²) < 4.78 is 2.36. The number of para-hydroxylation sites is 2. The third-order valence-corrected chi connectivity index (χ3v) is 6.14. The molecule has 2 aromatic rings. The molecule has 0 spiro atoms. The van der Waals surface area contributed by atoms with Crippen LogP contribution in [0, 0.1) is 0 Å². The molecule has 1 aromatic heterocycles. The highest BCUT2D eigenvalue weighted by molar-refractivity contribution is 9.09. The summed E-state index contributed by atoms with van der Waals surface area (Å²) in [5.74, 6) is 1.08. The van der Waals surface area contributed by atoms with Gasteiger partial charge >= 0.3 is 0 Å². The molecule has 0 fully saturated rings. The zero-order chi connectivity index (χ0) is 11.3. The van der Waals surface area contributed by atoms with Crippen molar-refractivity contribution < 1.29 is 0 Å². The lowest BCUT2D eigenvalue weighted by atomic mass is 10.0. The molecule has 5 heteroatoms. The molecule has 2 heterocycles. The standard InChI is InChI=1S/C12H13BrN2S.BrH/c1-12(2)10(13)7-16-11-14-8-5-3-4-6-9(8)15(11)12;/h3-6,10H,7H2,1-2H3;1H. The molecule has 1 atom stereocenters. The van der Waals surface area contributed by atoms with Crippen LogP contribution in [-0.4, -0.2) is 20.1 Å². The molecule has 0 saturated carbocycles. The van der Waals surface area contributed by atoms with Gasteiger partial charge in [0.15, 0.2) is 5.16 Å². The van der Waals surface area contributed by atoms with Gasteiger partial charge in [0.2, 0.25) is 0 Å². The van der Waals surface area contributed by atoms with E-state index < -0.39 is 0 Å². The highest BCUT2D eigenvalue weighted by atomic mass is 79.9. The predicted octanol–water partition coefficient (Wildman–Crippen LogP) is 4.22. The maximum absolute atomic E-state index is 4.69. The number of hydrogen-bond acceptors (Lipinski definition) is 2. The predicted molar refractivity (Wildman–Crippen MR) is 82.8 cm³/mol. The molecule has 0 N–H and O–H groups in total. The number of aromatic nitrogens is 2. The van der Waals surface area contributed by atoms with E-state index in [4.69, 9.17) is 0 Å². The lowest BCUT2D eigenvalue weighted by molar-refractivity contribution is 0.336. The minimum absolute atomic E-state index is 0. The summed E-state index contributed by atoms with van der Waals surface area (Å²) in [4.78, 5) is 5.17. The third-order valence-electron chi connectivity index (χ3n) is 3.23. The SMILES string of the molecule is Br.CC1(C)C(Br)CSc2nc3ccccc3n21. The maximum atomic E-state index is 4.69. The molecular weight excluding hydrogens is 364 g/mol. The van der Waals surface area contributed by atoms with Crippen LogP contribution >= 0.6 is 44.7 Å². The second-order valence-corrected chi connectivity index (χ2v) is 6.74. The van der Waals surface area contributed by atoms with Crippen molar-refractivity contribution in [3.05, 3.63) is 24.3 Å². The number of fused-ring (bicyclic) bond motifs is 3. The van der Waals surface area contributed by atoms with E-state index in [2.05, 4.69) is 57.5 Å². The maximum Gasteiger partial charge on any atom is 0.169 e. The summed E-state index contributed by atoms with van der Waals surface area (Å²) >= 11 is 5.61. The van der Waals surface area contributed by atoms with E-state index in [1.54, 1.807) is 0 Å². The Hall–Kier alpha value is 0.000000000000000167. The van der Waals surface area contributed by atoms with Crippen LogP contribution in [0.1, 0.15) is 13.8 Å². The zero-order valence-electron chi connectivity index (χ0n) is 9.68. The third kappa shape index (κ3) is 1.96. The first-order valence-electron chi connectivity index (χ1n) is 5.35. The van der Waals surface area contributed by atoms with Crippen molar-refractivity contribution in [3.8, 4) is 0 Å². The fraction of sp³-hybridized carbons (Fsp3) is 0.417. The van der Waals surface area contributed by atoms with Gasteiger partial charge in [0.1, 0.15) is 0 Å². The Kier molecular flexibility index (Phi) is 3.63. The lowest BCUT2D eigenvalue weighted by Crippen LogP contribution is -2.40. The molecular formula is C12H14Br2N2S. The van der Waals surface area contributed by atoms with Gasteiger partial charge in [-0.3, -0.25) is 0 Å². The average Bonchev–Trinajstić information content (AvgIpc) is 2.63. The van der Waals surface area contributed by atoms with Gasteiger partial charge in [-0.15, -0.1) is 17.0 Å². The molecule has 1 unspecified atom stereocenters. The first-order valence-corrected chi connectivity index (χ1v) is 7.25. The number of thioether (sulfide) groups is 1. The van der Waals surface area contributed by atoms with Crippen LogP contribution in [-0.2, 0) is 5.54 Å². The Morgan fingerprint density at radius 2 is 2.12 bits per heavy atom. The van der Waals surface area contributed by atoms with Gasteiger partial charge < -0.3 is 4.57 Å². The molecule has 1 aliphatic rings. The minimum atomic E-state index is 0. The largest absolute Gasteiger partial charge is 0.312 e. The van der Waals surface area contributed by atoms with E-state index in [0.29, 0.717) is 4.83 Å². The Morgan fingerprint density at radius 3 is 2.88 bits per heavy atom. The molecule has 92 valence electrons. The quantitative estimate of drug-likeness (QED) is 0.639. The van der Waals surface area contributed by atoms with Crippen LogP contribution in [0.3, 0.4) is 0 Å². The van der Waals surface area contributed by atoms with Gasteiger partial charge in [-0.1, -0.05) is 39.8 Å². The van der Waals surface area contributed by atoms with Crippen molar-refractivity contribution in [1.82, 2.24) is 9.55 Å². The summed E-state index contributed by atoms with van der Waals surface area (Å²) in [6, 6.07) is 8.36. The van der Waals surface area contributed by atoms with Crippen molar-refractivity contribution in [1.29, 1.82) is 0 Å². The highest BCUT2D eigenvalue weighted by Gasteiger charge is 2.37. The van der Waals surface area contributed by atoms with Crippen molar-refractivity contribution in [3.63, 3.8) is 0 Å². The van der Waals surface area contributed by atoms with Crippen molar-refractivity contribution in [2.45, 2.75) is 29.4 Å². The Bertz CT molecular complexity index is 550. The monoisotopic (exact) mass is 376 g/mol. The van der Waals surface area contributed by atoms with Gasteiger partial charge in [0.25, 0.3) is 0 Å². The summed E-state index contributed by atoms with van der Waals surface area (Å²) in [5.41, 5.74) is 2.41. The Labute approximate surface area is 124 Å². The zero-order valence-corrected chi connectivity index (χ0v) is 13.8. The van der Waals surface area contributed by atoms with Crippen LogP contribution in [0.2, 0.25) is 0 Å². The van der Waals surface area contributed by atoms with Gasteiger partial charge in [0, 0.05) is 10.6 Å². The second kappa shape index (κ2) is 4.59. The fourth-order valence-electron chi connectivity index (χ4n) is 2.15. The van der Waals surface area contributed by atoms with Gasteiger partial charge in [0.05, 0.1) is 16.6 Å². The number of alkyl halides is 1. The fourth-order valence-corrected chi connectivity index (χ4v) is 4.08. The van der Waals surface area contributed by atoms with E-state index >= 15 is 0 Å². The molecule has 0 bridgehead atoms. The summed E-state index contributed by atoms with van der Waals surface area (Å²) in [7, 11) is 0. The van der Waals surface area contributed by atoms with Crippen LogP contribution in [0.4, 0.5) is 0 Å². The number of halogens is 2. The Morgan fingerprint density at radius 1 is 1.41 bits per heavy atom.